The van der Waals surface area contributed by atoms with Gasteiger partial charge in [-0.1, -0.05) is 27.2 Å². The van der Waals surface area contributed by atoms with Crippen molar-refractivity contribution in [3.05, 3.63) is 12.2 Å². The highest BCUT2D eigenvalue weighted by Gasteiger charge is 2.33. The summed E-state index contributed by atoms with van der Waals surface area (Å²) in [6.07, 6.45) is 10.4. The maximum atomic E-state index is 12.5. The summed E-state index contributed by atoms with van der Waals surface area (Å²) in [6.45, 7) is 9.66. The van der Waals surface area contributed by atoms with Crippen LogP contribution in [0.4, 0.5) is 0 Å². The molecule has 2 heterocycles. The Morgan fingerprint density at radius 1 is 0.970 bits per heavy atom. The van der Waals surface area contributed by atoms with Gasteiger partial charge in [-0.15, -0.1) is 0 Å². The smallest absolute Gasteiger partial charge is 0.253 e. The first-order valence-electron chi connectivity index (χ1n) is 12.7. The van der Waals surface area contributed by atoms with Gasteiger partial charge in [0.1, 0.15) is 0 Å². The third-order valence-corrected chi connectivity index (χ3v) is 7.69. The number of hydrogen-bond acceptors (Lipinski definition) is 4. The average molecular weight is 460 g/mol. The number of rotatable bonds is 9. The monoisotopic (exact) mass is 459 g/mol. The molecule has 0 bridgehead atoms. The van der Waals surface area contributed by atoms with Crippen molar-refractivity contribution in [1.29, 1.82) is 0 Å². The molecular formula is C26H41N3O4. The molecule has 2 fully saturated rings. The normalized spacial score (nSPS) is 25.7. The number of carbonyl (C=O) groups is 4. The summed E-state index contributed by atoms with van der Waals surface area (Å²) >= 11 is 0. The number of imide groups is 1. The first kappa shape index (κ1) is 25.4. The molecule has 4 amide bonds. The van der Waals surface area contributed by atoms with Gasteiger partial charge in [-0.05, 0) is 62.2 Å². The van der Waals surface area contributed by atoms with Gasteiger partial charge in [0.05, 0.1) is 0 Å². The second-order valence-corrected chi connectivity index (χ2v) is 11.1. The van der Waals surface area contributed by atoms with Crippen LogP contribution in [0.2, 0.25) is 0 Å². The lowest BCUT2D eigenvalue weighted by molar-refractivity contribution is -0.138. The Morgan fingerprint density at radius 2 is 1.64 bits per heavy atom. The van der Waals surface area contributed by atoms with E-state index in [1.54, 1.807) is 0 Å². The molecule has 0 aromatic carbocycles. The highest BCUT2D eigenvalue weighted by atomic mass is 16.2. The SMILES string of the molecule is CC(C)(C)[C@@H]1CCN(C(=O)CCCCCNC(=O)C2CCC(CN3C(=O)C=CC3=O)CC2)C1. The minimum Gasteiger partial charge on any atom is -0.356 e. The van der Waals surface area contributed by atoms with Gasteiger partial charge < -0.3 is 10.2 Å². The maximum Gasteiger partial charge on any atom is 0.253 e. The van der Waals surface area contributed by atoms with Crippen molar-refractivity contribution in [2.24, 2.45) is 23.2 Å². The highest BCUT2D eigenvalue weighted by molar-refractivity contribution is 6.12. The first-order valence-corrected chi connectivity index (χ1v) is 12.7. The number of nitrogens with zero attached hydrogens (tertiary/aromatic N) is 2. The molecule has 0 radical (unpaired) electrons. The van der Waals surface area contributed by atoms with E-state index < -0.39 is 0 Å². The van der Waals surface area contributed by atoms with E-state index in [0.717, 1.165) is 64.5 Å². The predicted octanol–water partition coefficient (Wildman–Crippen LogP) is 3.29. The summed E-state index contributed by atoms with van der Waals surface area (Å²) in [6, 6.07) is 0. The van der Waals surface area contributed by atoms with Crippen molar-refractivity contribution in [2.45, 2.75) is 78.6 Å². The van der Waals surface area contributed by atoms with Crippen molar-refractivity contribution in [3.8, 4) is 0 Å². The van der Waals surface area contributed by atoms with Crippen LogP contribution in [0.5, 0.6) is 0 Å². The van der Waals surface area contributed by atoms with Crippen molar-refractivity contribution in [2.75, 3.05) is 26.2 Å². The molecule has 3 aliphatic rings. The molecule has 1 saturated heterocycles. The Morgan fingerprint density at radius 3 is 2.24 bits per heavy atom. The Bertz CT molecular complexity index is 744. The average Bonchev–Trinajstić information content (AvgIpc) is 3.39. The third kappa shape index (κ3) is 7.15. The van der Waals surface area contributed by atoms with Crippen molar-refractivity contribution in [1.82, 2.24) is 15.1 Å². The fourth-order valence-corrected chi connectivity index (χ4v) is 5.26. The number of amides is 4. The second-order valence-electron chi connectivity index (χ2n) is 11.1. The van der Waals surface area contributed by atoms with Crippen LogP contribution in [0.1, 0.15) is 78.6 Å². The molecule has 1 N–H and O–H groups in total. The molecule has 1 atom stereocenters. The van der Waals surface area contributed by atoms with Crippen LogP contribution in [0.3, 0.4) is 0 Å². The van der Waals surface area contributed by atoms with Crippen LogP contribution in [0.25, 0.3) is 0 Å². The van der Waals surface area contributed by atoms with Gasteiger partial charge in [0, 0.05) is 50.7 Å². The zero-order valence-electron chi connectivity index (χ0n) is 20.6. The number of unbranched alkanes of at least 4 members (excludes halogenated alkanes) is 2. The van der Waals surface area contributed by atoms with E-state index in [0.29, 0.717) is 25.4 Å². The minimum absolute atomic E-state index is 0.0249. The number of likely N-dealkylation sites (tertiary alicyclic amines) is 1. The van der Waals surface area contributed by atoms with Gasteiger partial charge in [-0.25, -0.2) is 0 Å². The summed E-state index contributed by atoms with van der Waals surface area (Å²) in [7, 11) is 0. The van der Waals surface area contributed by atoms with Crippen LogP contribution < -0.4 is 5.32 Å². The quantitative estimate of drug-likeness (QED) is 0.423. The number of carbonyl (C=O) groups excluding carboxylic acids is 4. The molecule has 0 aromatic heterocycles. The summed E-state index contributed by atoms with van der Waals surface area (Å²) in [5.41, 5.74) is 0.260. The zero-order valence-corrected chi connectivity index (χ0v) is 20.6. The van der Waals surface area contributed by atoms with Gasteiger partial charge in [-0.2, -0.15) is 0 Å². The fraction of sp³-hybridized carbons (Fsp3) is 0.769. The Kier molecular flexibility index (Phi) is 8.71. The van der Waals surface area contributed by atoms with Crippen LogP contribution in [0, 0.1) is 23.2 Å². The molecule has 7 heteroatoms. The largest absolute Gasteiger partial charge is 0.356 e. The van der Waals surface area contributed by atoms with Crippen molar-refractivity contribution in [3.63, 3.8) is 0 Å². The zero-order chi connectivity index (χ0) is 24.0. The predicted molar refractivity (Wildman–Crippen MR) is 127 cm³/mol. The lowest BCUT2D eigenvalue weighted by atomic mass is 9.80. The van der Waals surface area contributed by atoms with E-state index in [1.807, 2.05) is 4.90 Å². The van der Waals surface area contributed by atoms with Gasteiger partial charge in [0.15, 0.2) is 0 Å². The Balaban J connectivity index is 1.23. The Hall–Kier alpha value is -2.18. The fourth-order valence-electron chi connectivity index (χ4n) is 5.26. The van der Waals surface area contributed by atoms with Crippen LogP contribution in [-0.4, -0.2) is 59.6 Å². The summed E-state index contributed by atoms with van der Waals surface area (Å²) in [4.78, 5) is 51.7. The lowest BCUT2D eigenvalue weighted by Gasteiger charge is -2.30. The number of hydrogen-bond donors (Lipinski definition) is 1. The topological polar surface area (TPSA) is 86.8 Å². The lowest BCUT2D eigenvalue weighted by Crippen LogP contribution is -2.38. The van der Waals surface area contributed by atoms with Crippen molar-refractivity contribution >= 4 is 23.6 Å². The van der Waals surface area contributed by atoms with Crippen molar-refractivity contribution < 1.29 is 19.2 Å². The van der Waals surface area contributed by atoms with E-state index in [4.69, 9.17) is 0 Å². The summed E-state index contributed by atoms with van der Waals surface area (Å²) in [5.74, 6) is 0.840. The van der Waals surface area contributed by atoms with Crippen LogP contribution in [0.15, 0.2) is 12.2 Å². The molecule has 1 aliphatic carbocycles. The van der Waals surface area contributed by atoms with Gasteiger partial charge >= 0.3 is 0 Å². The molecule has 184 valence electrons. The second kappa shape index (κ2) is 11.3. The first-order chi connectivity index (χ1) is 15.6. The van der Waals surface area contributed by atoms with E-state index >= 15 is 0 Å². The Labute approximate surface area is 198 Å². The molecule has 1 saturated carbocycles. The van der Waals surface area contributed by atoms with Crippen LogP contribution >= 0.6 is 0 Å². The summed E-state index contributed by atoms with van der Waals surface area (Å²) in [5, 5.41) is 3.06. The molecule has 33 heavy (non-hydrogen) atoms. The number of nitrogens with one attached hydrogen (secondary N) is 1. The molecule has 3 rings (SSSR count). The van der Waals surface area contributed by atoms with Gasteiger partial charge in [0.25, 0.3) is 11.8 Å². The van der Waals surface area contributed by atoms with Crippen LogP contribution in [-0.2, 0) is 19.2 Å². The molecule has 0 spiro atoms. The summed E-state index contributed by atoms with van der Waals surface area (Å²) < 4.78 is 0. The van der Waals surface area contributed by atoms with Gasteiger partial charge in [0.2, 0.25) is 11.8 Å². The molecule has 0 unspecified atom stereocenters. The molecule has 7 nitrogen and oxygen atoms in total. The maximum absolute atomic E-state index is 12.5. The van der Waals surface area contributed by atoms with E-state index in [2.05, 4.69) is 26.1 Å². The molecule has 0 aromatic rings. The molecule has 2 aliphatic heterocycles. The minimum atomic E-state index is -0.226. The van der Waals surface area contributed by atoms with Gasteiger partial charge in [-0.3, -0.25) is 24.1 Å². The van der Waals surface area contributed by atoms with E-state index in [-0.39, 0.29) is 40.9 Å². The third-order valence-electron chi connectivity index (χ3n) is 7.69. The highest BCUT2D eigenvalue weighted by Crippen LogP contribution is 2.34. The van der Waals surface area contributed by atoms with E-state index in [9.17, 15) is 19.2 Å². The standard InChI is InChI=1S/C26H41N3O4/c1-26(2,3)21-14-16-28(18-21)22(30)7-5-4-6-15-27-25(33)20-10-8-19(9-11-20)17-29-23(31)12-13-24(29)32/h12-13,19-21H,4-11,14-18H2,1-3H3,(H,27,33)/t19?,20?,21-/m1/s1. The molecular weight excluding hydrogens is 418 g/mol. The van der Waals surface area contributed by atoms with E-state index in [1.165, 1.54) is 17.1 Å².